The van der Waals surface area contributed by atoms with Crippen molar-refractivity contribution in [2.45, 2.75) is 20.5 Å². The zero-order valence-corrected chi connectivity index (χ0v) is 10.7. The molecule has 1 aliphatic heterocycles. The van der Waals surface area contributed by atoms with Crippen LogP contribution in [-0.2, 0) is 16.1 Å². The van der Waals surface area contributed by atoms with Gasteiger partial charge in [0.1, 0.15) is 18.7 Å². The summed E-state index contributed by atoms with van der Waals surface area (Å²) in [5, 5.41) is 3.17. The largest absolute Gasteiger partial charge is 0.487 e. The Morgan fingerprint density at radius 1 is 1.28 bits per heavy atom. The highest BCUT2D eigenvalue weighted by molar-refractivity contribution is 5.77. The number of carbonyl (C=O) groups excluding carboxylic acids is 1. The van der Waals surface area contributed by atoms with Gasteiger partial charge in [-0.05, 0) is 19.4 Å². The van der Waals surface area contributed by atoms with Crippen LogP contribution >= 0.6 is 0 Å². The molecule has 0 fully saturated rings. The molecular formula is C15H17NO2. The van der Waals surface area contributed by atoms with Gasteiger partial charge < -0.3 is 10.1 Å². The summed E-state index contributed by atoms with van der Waals surface area (Å²) in [6, 6.07) is 9.99. The maximum absolute atomic E-state index is 10.9. The zero-order valence-electron chi connectivity index (χ0n) is 10.7. The molecule has 1 aromatic rings. The van der Waals surface area contributed by atoms with Gasteiger partial charge in [0.25, 0.3) is 0 Å². The Bertz CT molecular complexity index is 500. The van der Waals surface area contributed by atoms with Gasteiger partial charge in [-0.2, -0.15) is 0 Å². The molecule has 3 heteroatoms. The van der Waals surface area contributed by atoms with Crippen LogP contribution in [0.15, 0.2) is 52.9 Å². The van der Waals surface area contributed by atoms with Crippen molar-refractivity contribution in [3.63, 3.8) is 0 Å². The zero-order chi connectivity index (χ0) is 13.0. The molecular weight excluding hydrogens is 226 g/mol. The fourth-order valence-corrected chi connectivity index (χ4v) is 1.94. The Hall–Kier alpha value is -2.03. The topological polar surface area (TPSA) is 38.3 Å². The number of benzene rings is 1. The third-order valence-electron chi connectivity index (χ3n) is 3.08. The van der Waals surface area contributed by atoms with E-state index < -0.39 is 0 Å². The van der Waals surface area contributed by atoms with Gasteiger partial charge in [0.15, 0.2) is 0 Å². The van der Waals surface area contributed by atoms with Crippen LogP contribution in [0.1, 0.15) is 19.4 Å². The molecule has 1 heterocycles. The molecule has 3 nitrogen and oxygen atoms in total. The molecule has 1 aromatic carbocycles. The highest BCUT2D eigenvalue weighted by Crippen LogP contribution is 2.22. The lowest BCUT2D eigenvalue weighted by atomic mass is 10.0. The lowest BCUT2D eigenvalue weighted by Gasteiger charge is -2.22. The minimum atomic E-state index is 0.513. The maximum atomic E-state index is 10.9. The summed E-state index contributed by atoms with van der Waals surface area (Å²) in [5.41, 5.74) is 3.78. The quantitative estimate of drug-likeness (QED) is 0.826. The molecule has 0 unspecified atom stereocenters. The number of hydrogen-bond acceptors (Lipinski definition) is 3. The van der Waals surface area contributed by atoms with Gasteiger partial charge in [0, 0.05) is 17.7 Å². The van der Waals surface area contributed by atoms with Crippen LogP contribution in [0, 0.1) is 0 Å². The summed E-state index contributed by atoms with van der Waals surface area (Å²) in [6.07, 6.45) is 0.890. The summed E-state index contributed by atoms with van der Waals surface area (Å²) in [6.45, 7) is 4.98. The van der Waals surface area contributed by atoms with E-state index in [1.807, 2.05) is 44.2 Å². The van der Waals surface area contributed by atoms with Crippen LogP contribution in [0.3, 0.4) is 0 Å². The Morgan fingerprint density at radius 3 is 2.67 bits per heavy atom. The standard InChI is InChI=1S/C15H17NO2/c1-11-14(9-17)8-16-12(2)15(11)18-10-13-6-4-3-5-7-13/h3-7,9,16H,8,10H2,1-2H3. The third-order valence-corrected chi connectivity index (χ3v) is 3.08. The highest BCUT2D eigenvalue weighted by Gasteiger charge is 2.16. The Labute approximate surface area is 107 Å². The first-order chi connectivity index (χ1) is 8.72. The van der Waals surface area contributed by atoms with Crippen molar-refractivity contribution in [1.82, 2.24) is 5.32 Å². The second-order valence-corrected chi connectivity index (χ2v) is 4.35. The molecule has 1 N–H and O–H groups in total. The van der Waals surface area contributed by atoms with Crippen LogP contribution in [0.5, 0.6) is 0 Å². The van der Waals surface area contributed by atoms with E-state index in [1.54, 1.807) is 0 Å². The predicted octanol–water partition coefficient (Wildman–Crippen LogP) is 2.55. The second kappa shape index (κ2) is 5.54. The van der Waals surface area contributed by atoms with Gasteiger partial charge in [-0.15, -0.1) is 0 Å². The van der Waals surface area contributed by atoms with Crippen molar-refractivity contribution in [2.75, 3.05) is 6.54 Å². The van der Waals surface area contributed by atoms with E-state index in [1.165, 1.54) is 0 Å². The normalized spacial score (nSPS) is 15.4. The second-order valence-electron chi connectivity index (χ2n) is 4.35. The molecule has 0 saturated heterocycles. The molecule has 18 heavy (non-hydrogen) atoms. The smallest absolute Gasteiger partial charge is 0.148 e. The minimum Gasteiger partial charge on any atom is -0.487 e. The summed E-state index contributed by atoms with van der Waals surface area (Å²) in [4.78, 5) is 10.9. The Balaban J connectivity index is 2.13. The summed E-state index contributed by atoms with van der Waals surface area (Å²) in [7, 11) is 0. The summed E-state index contributed by atoms with van der Waals surface area (Å²) < 4.78 is 5.83. The number of hydrogen-bond donors (Lipinski definition) is 1. The van der Waals surface area contributed by atoms with Crippen LogP contribution in [0.2, 0.25) is 0 Å². The maximum Gasteiger partial charge on any atom is 0.148 e. The lowest BCUT2D eigenvalue weighted by molar-refractivity contribution is -0.105. The van der Waals surface area contributed by atoms with Crippen molar-refractivity contribution in [2.24, 2.45) is 0 Å². The summed E-state index contributed by atoms with van der Waals surface area (Å²) in [5.74, 6) is 0.784. The average Bonchev–Trinajstić information content (AvgIpc) is 2.40. The van der Waals surface area contributed by atoms with E-state index in [-0.39, 0.29) is 0 Å². The van der Waals surface area contributed by atoms with Crippen LogP contribution in [0.4, 0.5) is 0 Å². The van der Waals surface area contributed by atoms with E-state index in [2.05, 4.69) is 5.32 Å². The van der Waals surface area contributed by atoms with Gasteiger partial charge >= 0.3 is 0 Å². The number of dihydropyridines is 1. The third kappa shape index (κ3) is 2.62. The highest BCUT2D eigenvalue weighted by atomic mass is 16.5. The van der Waals surface area contributed by atoms with Gasteiger partial charge in [-0.1, -0.05) is 30.3 Å². The fourth-order valence-electron chi connectivity index (χ4n) is 1.94. The van der Waals surface area contributed by atoms with Crippen LogP contribution in [0.25, 0.3) is 0 Å². The number of carbonyl (C=O) groups is 1. The van der Waals surface area contributed by atoms with Crippen molar-refractivity contribution >= 4 is 6.29 Å². The molecule has 0 spiro atoms. The first-order valence-electron chi connectivity index (χ1n) is 5.99. The van der Waals surface area contributed by atoms with Crippen LogP contribution in [-0.4, -0.2) is 12.8 Å². The number of aldehydes is 1. The first-order valence-corrected chi connectivity index (χ1v) is 5.99. The van der Waals surface area contributed by atoms with Gasteiger partial charge in [-0.3, -0.25) is 4.79 Å². The predicted molar refractivity (Wildman–Crippen MR) is 70.7 cm³/mol. The minimum absolute atomic E-state index is 0.513. The van der Waals surface area contributed by atoms with Gasteiger partial charge in [0.2, 0.25) is 0 Å². The van der Waals surface area contributed by atoms with E-state index in [0.29, 0.717) is 13.2 Å². The van der Waals surface area contributed by atoms with E-state index in [9.17, 15) is 4.79 Å². The number of nitrogens with one attached hydrogen (secondary N) is 1. The fraction of sp³-hybridized carbons (Fsp3) is 0.267. The number of allylic oxidation sites excluding steroid dienone is 2. The molecule has 0 aliphatic carbocycles. The molecule has 94 valence electrons. The molecule has 0 amide bonds. The molecule has 0 radical (unpaired) electrons. The van der Waals surface area contributed by atoms with E-state index >= 15 is 0 Å². The van der Waals surface area contributed by atoms with Crippen molar-refractivity contribution in [3.8, 4) is 0 Å². The molecule has 0 aromatic heterocycles. The molecule has 1 aliphatic rings. The van der Waals surface area contributed by atoms with Crippen molar-refractivity contribution in [3.05, 3.63) is 58.5 Å². The molecule has 2 rings (SSSR count). The molecule has 0 saturated carbocycles. The van der Waals surface area contributed by atoms with Gasteiger partial charge in [-0.25, -0.2) is 0 Å². The number of rotatable bonds is 4. The van der Waals surface area contributed by atoms with Crippen molar-refractivity contribution < 1.29 is 9.53 Å². The van der Waals surface area contributed by atoms with E-state index in [0.717, 1.165) is 34.5 Å². The summed E-state index contributed by atoms with van der Waals surface area (Å²) >= 11 is 0. The Kier molecular flexibility index (Phi) is 3.82. The van der Waals surface area contributed by atoms with Crippen molar-refractivity contribution in [1.29, 1.82) is 0 Å². The Morgan fingerprint density at radius 2 is 2.00 bits per heavy atom. The molecule has 0 atom stereocenters. The SMILES string of the molecule is CC1=C(OCc2ccccc2)C(C)=C(C=O)CN1. The molecule has 0 bridgehead atoms. The lowest BCUT2D eigenvalue weighted by Crippen LogP contribution is -2.24. The first kappa shape index (κ1) is 12.4. The van der Waals surface area contributed by atoms with Crippen LogP contribution < -0.4 is 5.32 Å². The monoisotopic (exact) mass is 243 g/mol. The average molecular weight is 243 g/mol. The van der Waals surface area contributed by atoms with Gasteiger partial charge in [0.05, 0.1) is 5.70 Å². The number of ether oxygens (including phenoxy) is 1. The van der Waals surface area contributed by atoms with E-state index in [4.69, 9.17) is 4.74 Å².